The molecule has 0 heterocycles. The van der Waals surface area contributed by atoms with Gasteiger partial charge in [-0.2, -0.15) is 0 Å². The topological polar surface area (TPSA) is 46.5 Å². The van der Waals surface area contributed by atoms with Crippen LogP contribution in [0.1, 0.15) is 59.9 Å². The summed E-state index contributed by atoms with van der Waals surface area (Å²) < 4.78 is 6.08. The Balaban J connectivity index is 1.55. The highest BCUT2D eigenvalue weighted by molar-refractivity contribution is 5.88. The fraction of sp³-hybridized carbons (Fsp3) is 0.344. The van der Waals surface area contributed by atoms with E-state index >= 15 is 0 Å². The molecule has 4 aliphatic carbocycles. The molecule has 3 aromatic carbocycles. The molecular weight excluding hydrogens is 432 g/mol. The van der Waals surface area contributed by atoms with Crippen LogP contribution >= 0.6 is 0 Å². The standard InChI is InChI=1S/C32H32O3/c1-21(35-2)32-25-16-8-6-14-23(25)28(24-15-7-9-17-26(24)32)30-29(32)27(33)18-20-31(30,34)19-10-13-22-11-4-3-5-12-22/h3-17,21,28-30,34H,18-20H2,1-2H3/b13-10+/t21-,28?,29-,30-,31+,32?/m0/s1. The number of hydrogen-bond acceptors (Lipinski definition) is 3. The number of carbonyl (C=O) groups is 1. The first-order valence-corrected chi connectivity index (χ1v) is 12.7. The number of Topliss-reactive ketones (excluding diaryl/α,β-unsaturated/α-hetero) is 1. The summed E-state index contributed by atoms with van der Waals surface area (Å²) in [6, 6.07) is 27.3. The predicted molar refractivity (Wildman–Crippen MR) is 138 cm³/mol. The van der Waals surface area contributed by atoms with E-state index in [1.165, 1.54) is 22.3 Å². The van der Waals surface area contributed by atoms with Gasteiger partial charge in [-0.1, -0.05) is 91.0 Å². The molecule has 35 heavy (non-hydrogen) atoms. The first-order valence-electron chi connectivity index (χ1n) is 12.7. The lowest BCUT2D eigenvalue weighted by Gasteiger charge is -2.63. The molecule has 2 bridgehead atoms. The maximum absolute atomic E-state index is 13.9. The van der Waals surface area contributed by atoms with Crippen molar-refractivity contribution in [2.45, 2.75) is 49.2 Å². The summed E-state index contributed by atoms with van der Waals surface area (Å²) in [5, 5.41) is 12.4. The van der Waals surface area contributed by atoms with Crippen LogP contribution in [0.5, 0.6) is 0 Å². The van der Waals surface area contributed by atoms with E-state index in [-0.39, 0.29) is 29.6 Å². The molecule has 3 nitrogen and oxygen atoms in total. The second-order valence-electron chi connectivity index (χ2n) is 10.5. The van der Waals surface area contributed by atoms with Crippen molar-refractivity contribution in [1.82, 2.24) is 0 Å². The lowest BCUT2D eigenvalue weighted by molar-refractivity contribution is -0.156. The SMILES string of the molecule is CO[C@@H](C)C12c3ccccc3C(c3ccccc31)[C@H]1[C@@H]2C(=O)CC[C@]1(O)C/C=C/c1ccccc1. The minimum Gasteiger partial charge on any atom is -0.389 e. The Morgan fingerprint density at radius 2 is 1.57 bits per heavy atom. The van der Waals surface area contributed by atoms with Crippen LogP contribution in [0.3, 0.4) is 0 Å². The van der Waals surface area contributed by atoms with Crippen molar-refractivity contribution in [3.63, 3.8) is 0 Å². The zero-order valence-corrected chi connectivity index (χ0v) is 20.4. The summed E-state index contributed by atoms with van der Waals surface area (Å²) in [7, 11) is 1.74. The number of benzene rings is 3. The van der Waals surface area contributed by atoms with Gasteiger partial charge in [-0.3, -0.25) is 4.79 Å². The molecule has 0 unspecified atom stereocenters. The molecule has 0 amide bonds. The van der Waals surface area contributed by atoms with Gasteiger partial charge in [-0.05, 0) is 47.6 Å². The molecule has 4 aliphatic rings. The summed E-state index contributed by atoms with van der Waals surface area (Å²) in [6.07, 6.45) is 5.37. The van der Waals surface area contributed by atoms with Crippen molar-refractivity contribution < 1.29 is 14.6 Å². The molecule has 0 spiro atoms. The van der Waals surface area contributed by atoms with Gasteiger partial charge >= 0.3 is 0 Å². The van der Waals surface area contributed by atoms with Crippen molar-refractivity contribution in [2.24, 2.45) is 11.8 Å². The van der Waals surface area contributed by atoms with E-state index in [1.807, 2.05) is 18.2 Å². The van der Waals surface area contributed by atoms with E-state index in [9.17, 15) is 9.90 Å². The van der Waals surface area contributed by atoms with Crippen LogP contribution in [0.2, 0.25) is 0 Å². The highest BCUT2D eigenvalue weighted by atomic mass is 16.5. The Kier molecular flexibility index (Phi) is 5.32. The zero-order chi connectivity index (χ0) is 24.2. The van der Waals surface area contributed by atoms with Crippen molar-refractivity contribution >= 4 is 11.9 Å². The lowest BCUT2D eigenvalue weighted by Crippen LogP contribution is -2.66. The Morgan fingerprint density at radius 1 is 0.971 bits per heavy atom. The summed E-state index contributed by atoms with van der Waals surface area (Å²) in [4.78, 5) is 13.9. The maximum Gasteiger partial charge on any atom is 0.137 e. The third-order valence-corrected chi connectivity index (χ3v) is 9.04. The lowest BCUT2D eigenvalue weighted by atomic mass is 9.40. The first kappa shape index (κ1) is 22.5. The Hall–Kier alpha value is -3.01. The Labute approximate surface area is 207 Å². The minimum atomic E-state index is -0.978. The molecular formula is C32H32O3. The molecule has 1 saturated carbocycles. The molecule has 0 aromatic heterocycles. The largest absolute Gasteiger partial charge is 0.389 e. The average Bonchev–Trinajstić information content (AvgIpc) is 2.90. The number of ether oxygens (including phenoxy) is 1. The summed E-state index contributed by atoms with van der Waals surface area (Å²) in [5.41, 5.74) is 4.37. The van der Waals surface area contributed by atoms with Crippen LogP contribution in [-0.4, -0.2) is 29.7 Å². The van der Waals surface area contributed by atoms with E-state index in [0.717, 1.165) is 5.56 Å². The third-order valence-electron chi connectivity index (χ3n) is 9.04. The molecule has 0 radical (unpaired) electrons. The maximum atomic E-state index is 13.9. The Bertz CT molecular complexity index is 1250. The van der Waals surface area contributed by atoms with Gasteiger partial charge in [0.1, 0.15) is 5.78 Å². The van der Waals surface area contributed by atoms with E-state index in [4.69, 9.17) is 4.74 Å². The van der Waals surface area contributed by atoms with Gasteiger partial charge < -0.3 is 9.84 Å². The highest BCUT2D eigenvalue weighted by Gasteiger charge is 2.68. The summed E-state index contributed by atoms with van der Waals surface area (Å²) in [6.45, 7) is 2.09. The predicted octanol–water partition coefficient (Wildman–Crippen LogP) is 5.90. The quantitative estimate of drug-likeness (QED) is 0.512. The van der Waals surface area contributed by atoms with Crippen LogP contribution in [0.25, 0.3) is 6.08 Å². The number of aliphatic hydroxyl groups is 1. The molecule has 0 aliphatic heterocycles. The third kappa shape index (κ3) is 3.08. The van der Waals surface area contributed by atoms with Gasteiger partial charge in [0.2, 0.25) is 0 Å². The van der Waals surface area contributed by atoms with Crippen LogP contribution in [-0.2, 0) is 14.9 Å². The van der Waals surface area contributed by atoms with E-state index in [1.54, 1.807) is 7.11 Å². The monoisotopic (exact) mass is 464 g/mol. The average molecular weight is 465 g/mol. The molecule has 178 valence electrons. The van der Waals surface area contributed by atoms with Crippen LogP contribution < -0.4 is 0 Å². The highest BCUT2D eigenvalue weighted by Crippen LogP contribution is 2.67. The second-order valence-corrected chi connectivity index (χ2v) is 10.5. The van der Waals surface area contributed by atoms with Gasteiger partial charge in [-0.15, -0.1) is 0 Å². The van der Waals surface area contributed by atoms with Gasteiger partial charge in [0.05, 0.1) is 17.1 Å². The smallest absolute Gasteiger partial charge is 0.137 e. The van der Waals surface area contributed by atoms with Crippen molar-refractivity contribution in [3.8, 4) is 0 Å². The van der Waals surface area contributed by atoms with E-state index in [0.29, 0.717) is 19.3 Å². The summed E-state index contributed by atoms with van der Waals surface area (Å²) >= 11 is 0. The number of carbonyl (C=O) groups excluding carboxylic acids is 1. The van der Waals surface area contributed by atoms with Crippen LogP contribution in [0.15, 0.2) is 84.9 Å². The van der Waals surface area contributed by atoms with Gasteiger partial charge in [0, 0.05) is 31.3 Å². The van der Waals surface area contributed by atoms with E-state index in [2.05, 4.69) is 79.7 Å². The van der Waals surface area contributed by atoms with Gasteiger partial charge in [0.25, 0.3) is 0 Å². The number of rotatable bonds is 5. The molecule has 4 atom stereocenters. The van der Waals surface area contributed by atoms with Crippen molar-refractivity contribution in [1.29, 1.82) is 0 Å². The van der Waals surface area contributed by atoms with Crippen molar-refractivity contribution in [3.05, 3.63) is 113 Å². The zero-order valence-electron chi connectivity index (χ0n) is 20.4. The van der Waals surface area contributed by atoms with Crippen LogP contribution in [0.4, 0.5) is 0 Å². The minimum absolute atomic E-state index is 0.0160. The summed E-state index contributed by atoms with van der Waals surface area (Å²) in [5.74, 6) is -0.287. The Morgan fingerprint density at radius 3 is 2.20 bits per heavy atom. The molecule has 3 heteroatoms. The van der Waals surface area contributed by atoms with Gasteiger partial charge in [-0.25, -0.2) is 0 Å². The second kappa shape index (κ2) is 8.29. The van der Waals surface area contributed by atoms with Crippen LogP contribution in [0, 0.1) is 11.8 Å². The van der Waals surface area contributed by atoms with E-state index < -0.39 is 11.0 Å². The molecule has 7 rings (SSSR count). The molecule has 1 N–H and O–H groups in total. The molecule has 3 aromatic rings. The fourth-order valence-electron chi connectivity index (χ4n) is 7.61. The first-order chi connectivity index (χ1) is 17.0. The fourth-order valence-corrected chi connectivity index (χ4v) is 7.61. The normalized spacial score (nSPS) is 31.6. The molecule has 1 fully saturated rings. The number of methoxy groups -OCH3 is 1. The molecule has 0 saturated heterocycles. The number of hydrogen-bond donors (Lipinski definition) is 1. The number of ketones is 1. The van der Waals surface area contributed by atoms with Crippen molar-refractivity contribution in [2.75, 3.05) is 7.11 Å². The van der Waals surface area contributed by atoms with Gasteiger partial charge in [0.15, 0.2) is 0 Å².